The molecule has 4 heterocycles. The van der Waals surface area contributed by atoms with Crippen LogP contribution in [0, 0.1) is 10.1 Å². The molecule has 10 nitrogen and oxygen atoms in total. The molecule has 1 aromatic heterocycles. The summed E-state index contributed by atoms with van der Waals surface area (Å²) in [5.41, 5.74) is 2.72. The Hall–Kier alpha value is -2.86. The van der Waals surface area contributed by atoms with E-state index in [1.54, 1.807) is 12.1 Å². The van der Waals surface area contributed by atoms with Gasteiger partial charge in [0.15, 0.2) is 9.84 Å². The number of hydrogen-bond acceptors (Lipinski definition) is 8. The number of rotatable bonds is 3. The van der Waals surface area contributed by atoms with Crippen LogP contribution >= 0.6 is 11.3 Å². The Balaban J connectivity index is 0.000000225. The second-order valence-corrected chi connectivity index (χ2v) is 11.0. The van der Waals surface area contributed by atoms with Crippen LogP contribution in [0.15, 0.2) is 33.9 Å². The number of benzene rings is 1. The third-order valence-electron chi connectivity index (χ3n) is 5.85. The number of amides is 1. The van der Waals surface area contributed by atoms with E-state index in [0.29, 0.717) is 36.1 Å². The monoisotopic (exact) mass is 480 g/mol. The van der Waals surface area contributed by atoms with Crippen molar-refractivity contribution in [3.8, 4) is 0 Å². The van der Waals surface area contributed by atoms with Crippen LogP contribution in [-0.2, 0) is 15.6 Å². The van der Waals surface area contributed by atoms with Gasteiger partial charge in [-0.25, -0.2) is 13.2 Å². The van der Waals surface area contributed by atoms with Gasteiger partial charge < -0.3 is 19.8 Å². The Labute approximate surface area is 189 Å². The average molecular weight is 481 g/mol. The molecule has 0 atom stereocenters. The predicted molar refractivity (Wildman–Crippen MR) is 122 cm³/mol. The zero-order chi connectivity index (χ0) is 22.9. The second-order valence-electron chi connectivity index (χ2n) is 7.87. The molecule has 172 valence electrons. The lowest BCUT2D eigenvalue weighted by Gasteiger charge is -2.35. The quantitative estimate of drug-likeness (QED) is 0.525. The number of anilines is 2. The van der Waals surface area contributed by atoms with Crippen LogP contribution in [0.4, 0.5) is 21.9 Å². The summed E-state index contributed by atoms with van der Waals surface area (Å²) < 4.78 is 22.1. The number of carbonyl (C=O) groups is 1. The van der Waals surface area contributed by atoms with Gasteiger partial charge in [-0.2, -0.15) is 0 Å². The summed E-state index contributed by atoms with van der Waals surface area (Å²) in [4.78, 5) is 27.5. The SMILES string of the molecule is O=C(O)N1CCN(c2ccc([N+](=O)[O-])c(N3CCCC3)c2)CC1.O=S1(=O)Cc2ccsc21. The lowest BCUT2D eigenvalue weighted by molar-refractivity contribution is -0.384. The number of fused-ring (bicyclic) bond motifs is 1. The van der Waals surface area contributed by atoms with Crippen LogP contribution in [0.1, 0.15) is 18.4 Å². The summed E-state index contributed by atoms with van der Waals surface area (Å²) in [7, 11) is -2.78. The standard InChI is InChI=1S/C15H20N4O4.C5H4O2S2/c20-15(21)18-9-7-16(8-10-18)12-3-4-13(19(22)23)14(11-12)17-5-1-2-6-17;6-9(7)3-4-1-2-8-5(4)9/h3-4,11H,1-2,5-10H2,(H,20,21);1-2H,3H2. The average Bonchev–Trinajstić information content (AvgIpc) is 3.44. The third-order valence-corrected chi connectivity index (χ3v) is 9.17. The summed E-state index contributed by atoms with van der Waals surface area (Å²) in [5.74, 6) is 0.256. The lowest BCUT2D eigenvalue weighted by Crippen LogP contribution is -2.48. The summed E-state index contributed by atoms with van der Waals surface area (Å²) >= 11 is 1.31. The van der Waals surface area contributed by atoms with Gasteiger partial charge in [-0.15, -0.1) is 11.3 Å². The van der Waals surface area contributed by atoms with E-state index in [-0.39, 0.29) is 16.4 Å². The first-order valence-corrected chi connectivity index (χ1v) is 12.8. The molecule has 1 N–H and O–H groups in total. The molecule has 0 bridgehead atoms. The summed E-state index contributed by atoms with van der Waals surface area (Å²) in [6, 6.07) is 7.06. The first-order valence-electron chi connectivity index (χ1n) is 10.3. The fourth-order valence-electron chi connectivity index (χ4n) is 4.12. The molecule has 32 heavy (non-hydrogen) atoms. The van der Waals surface area contributed by atoms with Gasteiger partial charge in [0, 0.05) is 51.0 Å². The van der Waals surface area contributed by atoms with E-state index < -0.39 is 15.9 Å². The van der Waals surface area contributed by atoms with Crippen molar-refractivity contribution >= 4 is 44.3 Å². The van der Waals surface area contributed by atoms with Gasteiger partial charge in [-0.05, 0) is 42.0 Å². The number of nitro groups is 1. The minimum Gasteiger partial charge on any atom is -0.465 e. The number of piperazine rings is 1. The van der Waals surface area contributed by atoms with Gasteiger partial charge in [0.25, 0.3) is 5.69 Å². The third kappa shape index (κ3) is 4.51. The number of hydrogen-bond donors (Lipinski definition) is 1. The summed E-state index contributed by atoms with van der Waals surface area (Å²) in [6.45, 7) is 3.79. The molecule has 3 aliphatic heterocycles. The molecule has 0 spiro atoms. The van der Waals surface area contributed by atoms with Gasteiger partial charge in [0.05, 0.1) is 10.7 Å². The van der Waals surface area contributed by atoms with Crippen molar-refractivity contribution in [3.63, 3.8) is 0 Å². The smallest absolute Gasteiger partial charge is 0.407 e. The normalized spacial score (nSPS) is 18.9. The fraction of sp³-hybridized carbons (Fsp3) is 0.450. The van der Waals surface area contributed by atoms with E-state index in [4.69, 9.17) is 5.11 Å². The first kappa shape index (κ1) is 22.3. The highest BCUT2D eigenvalue weighted by atomic mass is 32.2. The molecule has 0 aliphatic carbocycles. The maximum Gasteiger partial charge on any atom is 0.407 e. The van der Waals surface area contributed by atoms with Crippen LogP contribution in [-0.4, -0.2) is 68.7 Å². The molecule has 2 saturated heterocycles. The zero-order valence-corrected chi connectivity index (χ0v) is 19.0. The second kappa shape index (κ2) is 8.94. The minimum atomic E-state index is -2.78. The molecule has 0 saturated carbocycles. The van der Waals surface area contributed by atoms with Crippen LogP contribution in [0.3, 0.4) is 0 Å². The molecular formula is C20H24N4O6S2. The first-order chi connectivity index (χ1) is 15.3. The van der Waals surface area contributed by atoms with Crippen LogP contribution in [0.2, 0.25) is 0 Å². The molecule has 3 aliphatic rings. The highest BCUT2D eigenvalue weighted by molar-refractivity contribution is 7.94. The van der Waals surface area contributed by atoms with Gasteiger partial charge >= 0.3 is 6.09 Å². The van der Waals surface area contributed by atoms with Crippen molar-refractivity contribution in [1.29, 1.82) is 0 Å². The summed E-state index contributed by atoms with van der Waals surface area (Å²) in [6.07, 6.45) is 1.21. The summed E-state index contributed by atoms with van der Waals surface area (Å²) in [5, 5.41) is 22.1. The molecule has 12 heteroatoms. The number of carboxylic acid groups (broad SMARTS) is 1. The van der Waals surface area contributed by atoms with E-state index in [0.717, 1.165) is 37.2 Å². The number of nitrogens with zero attached hydrogens (tertiary/aromatic N) is 4. The molecule has 1 aromatic carbocycles. The minimum absolute atomic E-state index is 0.139. The molecular weight excluding hydrogens is 456 g/mol. The molecule has 0 unspecified atom stereocenters. The number of sulfone groups is 1. The Bertz CT molecular complexity index is 1120. The van der Waals surface area contributed by atoms with Crippen molar-refractivity contribution in [2.75, 3.05) is 49.1 Å². The Morgan fingerprint density at radius 2 is 1.72 bits per heavy atom. The van der Waals surface area contributed by atoms with Crippen molar-refractivity contribution in [1.82, 2.24) is 4.90 Å². The van der Waals surface area contributed by atoms with Crippen molar-refractivity contribution in [2.24, 2.45) is 0 Å². The van der Waals surface area contributed by atoms with Crippen LogP contribution in [0.5, 0.6) is 0 Å². The maximum atomic E-state index is 11.3. The van der Waals surface area contributed by atoms with Gasteiger partial charge in [0.1, 0.15) is 9.90 Å². The van der Waals surface area contributed by atoms with E-state index >= 15 is 0 Å². The Kier molecular flexibility index (Phi) is 6.24. The predicted octanol–water partition coefficient (Wildman–Crippen LogP) is 3.03. The van der Waals surface area contributed by atoms with Gasteiger partial charge in [-0.1, -0.05) is 0 Å². The van der Waals surface area contributed by atoms with Crippen molar-refractivity contribution in [3.05, 3.63) is 45.3 Å². The van der Waals surface area contributed by atoms with E-state index in [1.807, 2.05) is 17.5 Å². The Morgan fingerprint density at radius 1 is 1.03 bits per heavy atom. The number of nitro benzene ring substituents is 1. The lowest BCUT2D eigenvalue weighted by atomic mass is 10.2. The molecule has 2 aromatic rings. The molecule has 5 rings (SSSR count). The Morgan fingerprint density at radius 3 is 2.25 bits per heavy atom. The van der Waals surface area contributed by atoms with E-state index in [2.05, 4.69) is 9.80 Å². The largest absolute Gasteiger partial charge is 0.465 e. The van der Waals surface area contributed by atoms with E-state index in [1.165, 1.54) is 16.2 Å². The topological polar surface area (TPSA) is 124 Å². The zero-order valence-electron chi connectivity index (χ0n) is 17.3. The molecule has 1 amide bonds. The highest BCUT2D eigenvalue weighted by Gasteiger charge is 2.31. The maximum absolute atomic E-state index is 11.3. The van der Waals surface area contributed by atoms with Crippen molar-refractivity contribution < 1.29 is 23.2 Å². The van der Waals surface area contributed by atoms with E-state index in [9.17, 15) is 23.3 Å². The van der Waals surface area contributed by atoms with Gasteiger partial charge in [-0.3, -0.25) is 10.1 Å². The van der Waals surface area contributed by atoms with Gasteiger partial charge in [0.2, 0.25) is 0 Å². The fourth-order valence-corrected chi connectivity index (χ4v) is 6.86. The molecule has 2 fully saturated rings. The number of thiophene rings is 1. The molecule has 0 radical (unpaired) electrons. The highest BCUT2D eigenvalue weighted by Crippen LogP contribution is 2.36. The van der Waals surface area contributed by atoms with Crippen LogP contribution < -0.4 is 9.80 Å². The van der Waals surface area contributed by atoms with Crippen molar-refractivity contribution in [2.45, 2.75) is 22.8 Å². The van der Waals surface area contributed by atoms with Crippen LogP contribution in [0.25, 0.3) is 0 Å².